The molecule has 1 saturated carbocycles. The van der Waals surface area contributed by atoms with E-state index in [1.165, 1.54) is 0 Å². The lowest BCUT2D eigenvalue weighted by molar-refractivity contribution is -0.231. The fourth-order valence-electron chi connectivity index (χ4n) is 3.12. The Bertz CT molecular complexity index is 273. The van der Waals surface area contributed by atoms with E-state index < -0.39 is 27.3 Å². The van der Waals surface area contributed by atoms with Crippen molar-refractivity contribution in [2.24, 2.45) is 10.8 Å². The van der Waals surface area contributed by atoms with E-state index in [0.29, 0.717) is 6.42 Å². The monoisotopic (exact) mass is 224 g/mol. The van der Waals surface area contributed by atoms with E-state index in [-0.39, 0.29) is 0 Å². The van der Waals surface area contributed by atoms with Gasteiger partial charge >= 0.3 is 0 Å². The van der Waals surface area contributed by atoms with Crippen LogP contribution in [0.15, 0.2) is 0 Å². The fraction of sp³-hybridized carbons (Fsp3) is 1.00. The molecule has 92 valence electrons. The molecule has 0 amide bonds. The van der Waals surface area contributed by atoms with Gasteiger partial charge < -0.3 is 10.2 Å². The molecule has 0 saturated heterocycles. The molecule has 1 aliphatic rings. The Morgan fingerprint density at radius 1 is 0.875 bits per heavy atom. The summed E-state index contributed by atoms with van der Waals surface area (Å²) in [6.07, 6.45) is 0.535. The molecular weight excluding hydrogens is 199 g/mol. The van der Waals surface area contributed by atoms with Crippen molar-refractivity contribution in [3.8, 4) is 0 Å². The van der Waals surface area contributed by atoms with Crippen molar-refractivity contribution in [1.82, 2.24) is 0 Å². The molecule has 16 heavy (non-hydrogen) atoms. The molecule has 1 rings (SSSR count). The van der Waals surface area contributed by atoms with Crippen molar-refractivity contribution < 1.29 is 10.2 Å². The average Bonchev–Trinajstić information content (AvgIpc) is 1.98. The molecule has 0 heterocycles. The van der Waals surface area contributed by atoms with E-state index in [2.05, 4.69) is 0 Å². The highest BCUT2D eigenvalue weighted by molar-refractivity contribution is 6.16. The van der Waals surface area contributed by atoms with Crippen molar-refractivity contribution in [2.45, 2.75) is 71.4 Å². The molecular formula is C13H25BO2. The molecule has 0 aromatic carbocycles. The van der Waals surface area contributed by atoms with Crippen LogP contribution in [0.1, 0.15) is 54.9 Å². The van der Waals surface area contributed by atoms with E-state index in [0.717, 1.165) is 0 Å². The third kappa shape index (κ3) is 1.34. The molecule has 3 unspecified atom stereocenters. The van der Waals surface area contributed by atoms with Crippen molar-refractivity contribution in [1.29, 1.82) is 0 Å². The van der Waals surface area contributed by atoms with Gasteiger partial charge in [-0.3, -0.25) is 0 Å². The van der Waals surface area contributed by atoms with Gasteiger partial charge in [0.15, 0.2) is 0 Å². The smallest absolute Gasteiger partial charge is 0.0790 e. The van der Waals surface area contributed by atoms with E-state index in [1.54, 1.807) is 6.92 Å². The van der Waals surface area contributed by atoms with Crippen LogP contribution < -0.4 is 0 Å². The van der Waals surface area contributed by atoms with Gasteiger partial charge in [0.05, 0.1) is 19.0 Å². The third-order valence-corrected chi connectivity index (χ3v) is 5.76. The topological polar surface area (TPSA) is 40.5 Å². The maximum Gasteiger partial charge on any atom is 0.0790 e. The molecule has 2 radical (unpaired) electrons. The first-order valence-corrected chi connectivity index (χ1v) is 5.94. The largest absolute Gasteiger partial charge is 0.390 e. The van der Waals surface area contributed by atoms with Crippen molar-refractivity contribution >= 4 is 7.85 Å². The first-order valence-electron chi connectivity index (χ1n) is 5.94. The van der Waals surface area contributed by atoms with Gasteiger partial charge in [-0.2, -0.15) is 0 Å². The third-order valence-electron chi connectivity index (χ3n) is 5.76. The quantitative estimate of drug-likeness (QED) is 0.620. The zero-order chi connectivity index (χ0) is 13.2. The van der Waals surface area contributed by atoms with E-state index in [4.69, 9.17) is 7.85 Å². The van der Waals surface area contributed by atoms with Gasteiger partial charge in [0.25, 0.3) is 0 Å². The number of hydrogen-bond acceptors (Lipinski definition) is 2. The van der Waals surface area contributed by atoms with Crippen LogP contribution in [0.4, 0.5) is 0 Å². The van der Waals surface area contributed by atoms with Crippen LogP contribution in [0.25, 0.3) is 0 Å². The molecule has 1 aliphatic carbocycles. The second-order valence-electron chi connectivity index (χ2n) is 7.23. The summed E-state index contributed by atoms with van der Waals surface area (Å²) in [5.74, 6) is 0. The summed E-state index contributed by atoms with van der Waals surface area (Å²) in [5.41, 5.74) is -2.89. The minimum atomic E-state index is -1.02. The lowest BCUT2D eigenvalue weighted by Crippen LogP contribution is -2.68. The highest BCUT2D eigenvalue weighted by atomic mass is 16.3. The SMILES string of the molecule is [B]C1(C)C(C)(C)C(C)(O)CC(C)(C)C1(C)O. The Balaban J connectivity index is 3.43. The average molecular weight is 224 g/mol. The summed E-state index contributed by atoms with van der Waals surface area (Å²) < 4.78 is 0. The summed E-state index contributed by atoms with van der Waals surface area (Å²) in [4.78, 5) is 0. The summed E-state index contributed by atoms with van der Waals surface area (Å²) in [7, 11) is 6.37. The van der Waals surface area contributed by atoms with Gasteiger partial charge in [-0.25, -0.2) is 0 Å². The first-order chi connectivity index (χ1) is 6.71. The summed E-state index contributed by atoms with van der Waals surface area (Å²) in [5, 5.41) is 20.5. The lowest BCUT2D eigenvalue weighted by atomic mass is 9.35. The Morgan fingerprint density at radius 2 is 1.25 bits per heavy atom. The van der Waals surface area contributed by atoms with Gasteiger partial charge in [0, 0.05) is 0 Å². The maximum atomic E-state index is 10.8. The van der Waals surface area contributed by atoms with Crippen LogP contribution in [-0.2, 0) is 0 Å². The van der Waals surface area contributed by atoms with Crippen LogP contribution >= 0.6 is 0 Å². The highest BCUT2D eigenvalue weighted by Crippen LogP contribution is 2.67. The number of rotatable bonds is 0. The molecule has 1 fully saturated rings. The van der Waals surface area contributed by atoms with Crippen LogP contribution in [0.5, 0.6) is 0 Å². The van der Waals surface area contributed by atoms with Crippen LogP contribution in [0, 0.1) is 10.8 Å². The molecule has 3 heteroatoms. The molecule has 0 aromatic heterocycles. The molecule has 0 bridgehead atoms. The molecule has 3 atom stereocenters. The number of aliphatic hydroxyl groups is 2. The van der Waals surface area contributed by atoms with E-state index in [9.17, 15) is 10.2 Å². The van der Waals surface area contributed by atoms with Crippen LogP contribution in [-0.4, -0.2) is 29.3 Å². The summed E-state index contributed by atoms with van der Waals surface area (Å²) in [6, 6.07) is 0. The predicted octanol–water partition coefficient (Wildman–Crippen LogP) is 2.29. The predicted molar refractivity (Wildman–Crippen MR) is 67.5 cm³/mol. The van der Waals surface area contributed by atoms with Gasteiger partial charge in [0.2, 0.25) is 0 Å². The normalized spacial score (nSPS) is 51.3. The molecule has 2 nitrogen and oxygen atoms in total. The minimum Gasteiger partial charge on any atom is -0.390 e. The van der Waals surface area contributed by atoms with Crippen molar-refractivity contribution in [3.63, 3.8) is 0 Å². The Morgan fingerprint density at radius 3 is 1.62 bits per heavy atom. The lowest BCUT2D eigenvalue weighted by Gasteiger charge is -2.67. The highest BCUT2D eigenvalue weighted by Gasteiger charge is 2.66. The Hall–Kier alpha value is -0.0151. The number of hydrogen-bond donors (Lipinski definition) is 2. The molecule has 0 spiro atoms. The van der Waals surface area contributed by atoms with Crippen LogP contribution in [0.2, 0.25) is 5.31 Å². The van der Waals surface area contributed by atoms with Gasteiger partial charge in [-0.1, -0.05) is 34.6 Å². The standard InChI is InChI=1S/C13H25BO2/c1-9(2)8-11(5,15)10(3,4)12(6,14)13(9,7)16/h15-16H,8H2,1-7H3. The first kappa shape index (κ1) is 14.0. The Kier molecular flexibility index (Phi) is 2.68. The minimum absolute atomic E-state index is 0.421. The zero-order valence-electron chi connectivity index (χ0n) is 11.7. The zero-order valence-corrected chi connectivity index (χ0v) is 11.7. The van der Waals surface area contributed by atoms with Gasteiger partial charge in [-0.15, -0.1) is 0 Å². The van der Waals surface area contributed by atoms with E-state index >= 15 is 0 Å². The summed E-state index contributed by atoms with van der Waals surface area (Å²) in [6.45, 7) is 13.2. The molecule has 2 N–H and O–H groups in total. The molecule has 0 aromatic rings. The van der Waals surface area contributed by atoms with Crippen molar-refractivity contribution in [2.75, 3.05) is 0 Å². The van der Waals surface area contributed by atoms with Gasteiger partial charge in [0.1, 0.15) is 0 Å². The summed E-state index contributed by atoms with van der Waals surface area (Å²) >= 11 is 0. The molecule has 0 aliphatic heterocycles. The van der Waals surface area contributed by atoms with E-state index in [1.807, 2.05) is 41.5 Å². The fourth-order valence-corrected chi connectivity index (χ4v) is 3.12. The maximum absolute atomic E-state index is 10.8. The second kappa shape index (κ2) is 3.05. The van der Waals surface area contributed by atoms with Gasteiger partial charge in [-0.05, 0) is 36.4 Å². The second-order valence-corrected chi connectivity index (χ2v) is 7.23. The van der Waals surface area contributed by atoms with Crippen molar-refractivity contribution in [3.05, 3.63) is 0 Å². The van der Waals surface area contributed by atoms with Crippen LogP contribution in [0.3, 0.4) is 0 Å². The Labute approximate surface area is 101 Å².